The predicted molar refractivity (Wildman–Crippen MR) is 97.5 cm³/mol. The van der Waals surface area contributed by atoms with Gasteiger partial charge in [0.25, 0.3) is 0 Å². The van der Waals surface area contributed by atoms with Gasteiger partial charge in [-0.2, -0.15) is 0 Å². The Kier molecular flexibility index (Phi) is 4.70. The van der Waals surface area contributed by atoms with Crippen molar-refractivity contribution in [1.82, 2.24) is 0 Å². The fraction of sp³-hybridized carbons (Fsp3) is 0.0526. The summed E-state index contributed by atoms with van der Waals surface area (Å²) in [6.45, 7) is 0. The Hall–Kier alpha value is -1.20. The van der Waals surface area contributed by atoms with Crippen molar-refractivity contribution in [2.24, 2.45) is 0 Å². The van der Waals surface area contributed by atoms with Crippen LogP contribution in [0.5, 0.6) is 0 Å². The van der Waals surface area contributed by atoms with Gasteiger partial charge in [-0.25, -0.2) is 0 Å². The van der Waals surface area contributed by atoms with Crippen molar-refractivity contribution >= 4 is 36.6 Å². The van der Waals surface area contributed by atoms with E-state index in [4.69, 9.17) is 0 Å². The van der Waals surface area contributed by atoms with Gasteiger partial charge in [0, 0.05) is 0 Å². The van der Waals surface area contributed by atoms with E-state index < -0.39 is 16.8 Å². The molecule has 0 nitrogen and oxygen atoms in total. The quantitative estimate of drug-likeness (QED) is 0.601. The molecule has 0 aromatic heterocycles. The van der Waals surface area contributed by atoms with E-state index in [9.17, 15) is 0 Å². The van der Waals surface area contributed by atoms with Crippen LogP contribution in [0.25, 0.3) is 0 Å². The van der Waals surface area contributed by atoms with E-state index in [2.05, 4.69) is 106 Å². The Morgan fingerprint density at radius 1 is 0.524 bits per heavy atom. The summed E-state index contributed by atoms with van der Waals surface area (Å²) in [6.07, 6.45) is 2.27. The maximum absolute atomic E-state index is 2.65. The molecule has 0 saturated carbocycles. The van der Waals surface area contributed by atoms with Gasteiger partial charge in [0.05, 0.1) is 0 Å². The van der Waals surface area contributed by atoms with Crippen molar-refractivity contribution in [3.8, 4) is 0 Å². The average Bonchev–Trinajstić information content (AvgIpc) is 2.59. The van der Waals surface area contributed by atoms with Gasteiger partial charge in [0.15, 0.2) is 0 Å². The van der Waals surface area contributed by atoms with Crippen LogP contribution in [-0.4, -0.2) is 23.1 Å². The number of benzene rings is 3. The molecule has 0 aliphatic heterocycles. The summed E-state index contributed by atoms with van der Waals surface area (Å²) in [6, 6.07) is 33.1. The topological polar surface area (TPSA) is 0 Å². The zero-order chi connectivity index (χ0) is 14.5. The van der Waals surface area contributed by atoms with Crippen molar-refractivity contribution < 1.29 is 0 Å². The predicted octanol–water partition coefficient (Wildman–Crippen LogP) is 3.02. The zero-order valence-electron chi connectivity index (χ0n) is 12.0. The van der Waals surface area contributed by atoms with Crippen LogP contribution in [0.4, 0.5) is 0 Å². The van der Waals surface area contributed by atoms with Crippen LogP contribution in [0, 0.1) is 0 Å². The molecular weight excluding hydrogens is 388 g/mol. The van der Waals surface area contributed by atoms with Gasteiger partial charge in [0.1, 0.15) is 0 Å². The van der Waals surface area contributed by atoms with E-state index >= 15 is 0 Å². The number of hydrogen-bond donors (Lipinski definition) is 0. The minimum absolute atomic E-state index is 1.50. The fourth-order valence-electron chi connectivity index (χ4n) is 2.53. The Labute approximate surface area is 133 Å². The Morgan fingerprint density at radius 2 is 0.810 bits per heavy atom. The van der Waals surface area contributed by atoms with Gasteiger partial charge < -0.3 is 0 Å². The molecule has 0 amide bonds. The molecule has 0 aliphatic rings. The van der Waals surface area contributed by atoms with E-state index in [0.29, 0.717) is 0 Å². The minimum atomic E-state index is -2.65. The molecule has 3 aromatic carbocycles. The van der Waals surface area contributed by atoms with Gasteiger partial charge >= 0.3 is 134 Å². The van der Waals surface area contributed by atoms with E-state index in [1.54, 1.807) is 0 Å². The molecule has 0 bridgehead atoms. The molecule has 0 heterocycles. The van der Waals surface area contributed by atoms with E-state index in [1.807, 2.05) is 0 Å². The summed E-state index contributed by atoms with van der Waals surface area (Å²) in [5.41, 5.74) is 0. The third kappa shape index (κ3) is 2.77. The molecule has 0 radical (unpaired) electrons. The van der Waals surface area contributed by atoms with E-state index in [-0.39, 0.29) is 0 Å². The van der Waals surface area contributed by atoms with Gasteiger partial charge in [-0.1, -0.05) is 0 Å². The number of hydrogen-bond acceptors (Lipinski definition) is 1. The Balaban J connectivity index is 2.29. The summed E-state index contributed by atoms with van der Waals surface area (Å²) >= 11 is -2.65. The first kappa shape index (κ1) is 14.7. The van der Waals surface area contributed by atoms with Crippen LogP contribution >= 0.6 is 8.99 Å². The Bertz CT molecular complexity index is 584. The second kappa shape index (κ2) is 6.71. The molecular formula is C19H18STe. The van der Waals surface area contributed by atoms with Crippen LogP contribution in [0.1, 0.15) is 0 Å². The first-order chi connectivity index (χ1) is 10.4. The molecule has 3 aromatic rings. The summed E-state index contributed by atoms with van der Waals surface area (Å²) in [4.78, 5) is 0. The van der Waals surface area contributed by atoms with Gasteiger partial charge in [-0.15, -0.1) is 0 Å². The van der Waals surface area contributed by atoms with Gasteiger partial charge in [-0.3, -0.25) is 0 Å². The molecule has 0 spiro atoms. The summed E-state index contributed by atoms with van der Waals surface area (Å²) in [7, 11) is 2.07. The average molecular weight is 406 g/mol. The molecule has 0 fully saturated rings. The normalized spacial score (nSPS) is 12.0. The van der Waals surface area contributed by atoms with Crippen LogP contribution in [-0.2, 0) is 0 Å². The SMILES string of the molecule is CS[Te](c1ccccc1)(c1ccccc1)c1ccccc1. The maximum atomic E-state index is 2.30. The summed E-state index contributed by atoms with van der Waals surface area (Å²) in [5.74, 6) is 0. The molecule has 0 saturated heterocycles. The van der Waals surface area contributed by atoms with Crippen molar-refractivity contribution in [2.75, 3.05) is 6.26 Å². The van der Waals surface area contributed by atoms with Crippen molar-refractivity contribution in [3.05, 3.63) is 91.0 Å². The molecule has 2 heteroatoms. The zero-order valence-corrected chi connectivity index (χ0v) is 15.1. The third-order valence-corrected chi connectivity index (χ3v) is 20.1. The summed E-state index contributed by atoms with van der Waals surface area (Å²) in [5, 5.41) is 0. The van der Waals surface area contributed by atoms with Crippen LogP contribution < -0.4 is 10.8 Å². The molecule has 0 atom stereocenters. The van der Waals surface area contributed by atoms with Gasteiger partial charge in [0.2, 0.25) is 0 Å². The van der Waals surface area contributed by atoms with Crippen LogP contribution in [0.15, 0.2) is 91.0 Å². The first-order valence-corrected chi connectivity index (χ1v) is 14.4. The van der Waals surface area contributed by atoms with Crippen molar-refractivity contribution in [1.29, 1.82) is 0 Å². The molecule has 106 valence electrons. The monoisotopic (exact) mass is 408 g/mol. The molecule has 0 aliphatic carbocycles. The second-order valence-corrected chi connectivity index (χ2v) is 18.4. The Morgan fingerprint density at radius 3 is 1.05 bits per heavy atom. The van der Waals surface area contributed by atoms with E-state index in [1.165, 1.54) is 10.8 Å². The van der Waals surface area contributed by atoms with E-state index in [0.717, 1.165) is 0 Å². The first-order valence-electron chi connectivity index (χ1n) is 6.92. The van der Waals surface area contributed by atoms with Gasteiger partial charge in [-0.05, 0) is 0 Å². The van der Waals surface area contributed by atoms with Crippen molar-refractivity contribution in [3.63, 3.8) is 0 Å². The molecule has 0 unspecified atom stereocenters. The molecule has 0 N–H and O–H groups in total. The standard InChI is InChI=1S/C19H18STe/c1-20-21(17-11-5-2-6-12-17,18-13-7-3-8-14-18)19-15-9-4-10-16-19/h2-16H,1H3. The molecule has 21 heavy (non-hydrogen) atoms. The fourth-order valence-corrected chi connectivity index (χ4v) is 17.2. The third-order valence-electron chi connectivity index (χ3n) is 3.48. The molecule has 3 rings (SSSR count). The summed E-state index contributed by atoms with van der Waals surface area (Å²) < 4.78 is 4.51. The number of rotatable bonds is 4. The second-order valence-electron chi connectivity index (χ2n) is 4.66. The van der Waals surface area contributed by atoms with Crippen LogP contribution in [0.2, 0.25) is 0 Å². The van der Waals surface area contributed by atoms with Crippen LogP contribution in [0.3, 0.4) is 0 Å². The van der Waals surface area contributed by atoms with Crippen molar-refractivity contribution in [2.45, 2.75) is 0 Å².